The number of carbonyl (C=O) groups excluding carboxylic acids is 4. The molecule has 270 valence electrons. The summed E-state index contributed by atoms with van der Waals surface area (Å²) in [6.07, 6.45) is 0.240. The van der Waals surface area contributed by atoms with E-state index in [-0.39, 0.29) is 35.7 Å². The highest BCUT2D eigenvalue weighted by molar-refractivity contribution is 5.88. The molecule has 4 amide bonds. The minimum Gasteiger partial charge on any atom is -0.453 e. The second-order valence-corrected chi connectivity index (χ2v) is 13.6. The van der Waals surface area contributed by atoms with Crippen LogP contribution in [0.3, 0.4) is 0 Å². The highest BCUT2D eigenvalue weighted by atomic mass is 16.5. The molecular formula is C38H42N8O6. The van der Waals surface area contributed by atoms with Crippen molar-refractivity contribution < 1.29 is 28.7 Å². The van der Waals surface area contributed by atoms with E-state index in [0.717, 1.165) is 46.0 Å². The number of amides is 4. The Balaban J connectivity index is 1.11. The van der Waals surface area contributed by atoms with E-state index in [2.05, 4.69) is 44.3 Å². The molecule has 0 spiro atoms. The zero-order valence-electron chi connectivity index (χ0n) is 30.0. The van der Waals surface area contributed by atoms with E-state index in [4.69, 9.17) is 19.4 Å². The highest BCUT2D eigenvalue weighted by Gasteiger charge is 2.41. The molecule has 2 aliphatic heterocycles. The van der Waals surface area contributed by atoms with Gasteiger partial charge >= 0.3 is 12.2 Å². The summed E-state index contributed by atoms with van der Waals surface area (Å²) in [6.45, 7) is 8.66. The number of aromatic amines is 2. The topological polar surface area (TPSA) is 175 Å². The first kappa shape index (κ1) is 35.8. The van der Waals surface area contributed by atoms with Gasteiger partial charge in [-0.15, -0.1) is 0 Å². The lowest BCUT2D eigenvalue weighted by molar-refractivity contribution is -0.143. The fraction of sp³-hybridized carbons (Fsp3) is 0.421. The zero-order chi connectivity index (χ0) is 37.1. The zero-order valence-corrected chi connectivity index (χ0v) is 30.0. The van der Waals surface area contributed by atoms with Gasteiger partial charge in [0.25, 0.3) is 0 Å². The van der Waals surface area contributed by atoms with Crippen molar-refractivity contribution in [3.8, 4) is 23.7 Å². The number of carbonyl (C=O) groups is 4. The standard InChI is InChI=1S/C38H42N8O6/c1-21(2)31(43-37(49)51-5)35(47)45-17-15-29(45)33-39-25-13-11-23(19-27(25)41-33)9-7-8-10-24-12-14-26-28(20-24)42-34(40-26)30-16-18-46(30)36(48)32(22(3)4)44-38(50)52-6/h11-14,19-22,29-32H,15-18H2,1-6H3,(H,39,41)(H,40,42)(H,43,49)(H,44,50)/t29-,30-,31+,32+/m0/s1. The first-order valence-corrected chi connectivity index (χ1v) is 17.3. The molecule has 0 saturated carbocycles. The molecule has 0 bridgehead atoms. The van der Waals surface area contributed by atoms with Crippen LogP contribution in [0.2, 0.25) is 0 Å². The molecular weight excluding hydrogens is 664 g/mol. The molecule has 4 aromatic rings. The Kier molecular flexibility index (Phi) is 10.4. The van der Waals surface area contributed by atoms with E-state index in [1.165, 1.54) is 14.2 Å². The molecule has 4 atom stereocenters. The lowest BCUT2D eigenvalue weighted by Gasteiger charge is -2.42. The molecule has 0 aliphatic carbocycles. The van der Waals surface area contributed by atoms with E-state index >= 15 is 0 Å². The van der Waals surface area contributed by atoms with E-state index in [1.807, 2.05) is 64.1 Å². The van der Waals surface area contributed by atoms with Gasteiger partial charge in [-0.1, -0.05) is 39.5 Å². The van der Waals surface area contributed by atoms with Crippen LogP contribution in [-0.4, -0.2) is 93.1 Å². The van der Waals surface area contributed by atoms with Crippen LogP contribution in [0.1, 0.15) is 75.4 Å². The Morgan fingerprint density at radius 3 is 1.44 bits per heavy atom. The number of methoxy groups -OCH3 is 2. The third-order valence-corrected chi connectivity index (χ3v) is 9.50. The van der Waals surface area contributed by atoms with Crippen molar-refractivity contribution >= 4 is 46.1 Å². The van der Waals surface area contributed by atoms with Gasteiger partial charge in [-0.05, 0) is 72.9 Å². The number of ether oxygens (including phenoxy) is 2. The smallest absolute Gasteiger partial charge is 0.407 e. The number of H-pyrrole nitrogens is 2. The molecule has 4 heterocycles. The number of rotatable bonds is 8. The predicted octanol–water partition coefficient (Wildman–Crippen LogP) is 4.15. The average molecular weight is 707 g/mol. The van der Waals surface area contributed by atoms with Gasteiger partial charge in [-0.25, -0.2) is 19.6 Å². The van der Waals surface area contributed by atoms with Crippen LogP contribution in [0, 0.1) is 35.5 Å². The number of likely N-dealkylation sites (tertiary alicyclic amines) is 2. The number of aromatic nitrogens is 4. The van der Waals surface area contributed by atoms with Crippen LogP contribution in [0.4, 0.5) is 9.59 Å². The summed E-state index contributed by atoms with van der Waals surface area (Å²) in [7, 11) is 2.55. The fourth-order valence-corrected chi connectivity index (χ4v) is 6.36. The van der Waals surface area contributed by atoms with Crippen molar-refractivity contribution in [2.75, 3.05) is 27.3 Å². The van der Waals surface area contributed by atoms with Crippen molar-refractivity contribution in [1.82, 2.24) is 40.4 Å². The van der Waals surface area contributed by atoms with Gasteiger partial charge in [0, 0.05) is 24.2 Å². The average Bonchev–Trinajstić information content (AvgIpc) is 3.69. The SMILES string of the molecule is COC(=O)N[C@@H](C(=O)N1CC[C@H]1c1nc2cc(C#CC#Cc3ccc4[nH]c([C@@H]5CCN5C(=O)[C@H](NC(=O)OC)C(C)C)nc4c3)ccc2[nH]1)C(C)C. The minimum atomic E-state index is -0.696. The Hall–Kier alpha value is -6.02. The van der Waals surface area contributed by atoms with E-state index < -0.39 is 24.3 Å². The summed E-state index contributed by atoms with van der Waals surface area (Å²) in [5.74, 6) is 12.8. The second-order valence-electron chi connectivity index (χ2n) is 13.6. The largest absolute Gasteiger partial charge is 0.453 e. The number of hydrogen-bond acceptors (Lipinski definition) is 8. The van der Waals surface area contributed by atoms with Crippen LogP contribution >= 0.6 is 0 Å². The normalized spacial score (nSPS) is 17.6. The first-order chi connectivity index (χ1) is 25.0. The van der Waals surface area contributed by atoms with Gasteiger partial charge in [0.1, 0.15) is 23.7 Å². The number of imidazole rings is 2. The lowest BCUT2D eigenvalue weighted by Crippen LogP contribution is -2.56. The Bertz CT molecular complexity index is 2000. The molecule has 2 aliphatic rings. The van der Waals surface area contributed by atoms with Gasteiger partial charge < -0.3 is 39.9 Å². The van der Waals surface area contributed by atoms with Crippen molar-refractivity contribution in [3.63, 3.8) is 0 Å². The summed E-state index contributed by atoms with van der Waals surface area (Å²) in [5.41, 5.74) is 4.62. The predicted molar refractivity (Wildman–Crippen MR) is 192 cm³/mol. The number of fused-ring (bicyclic) bond motifs is 2. The van der Waals surface area contributed by atoms with Gasteiger partial charge in [0.15, 0.2) is 0 Å². The van der Waals surface area contributed by atoms with Gasteiger partial charge in [-0.3, -0.25) is 9.59 Å². The third-order valence-electron chi connectivity index (χ3n) is 9.50. The fourth-order valence-electron chi connectivity index (χ4n) is 6.36. The Labute approximate surface area is 301 Å². The molecule has 4 N–H and O–H groups in total. The number of nitrogens with zero attached hydrogens (tertiary/aromatic N) is 4. The third kappa shape index (κ3) is 7.37. The molecule has 2 fully saturated rings. The molecule has 2 saturated heterocycles. The Morgan fingerprint density at radius 1 is 0.712 bits per heavy atom. The number of hydrogen-bond donors (Lipinski definition) is 4. The highest BCUT2D eigenvalue weighted by Crippen LogP contribution is 2.35. The molecule has 0 radical (unpaired) electrons. The maximum absolute atomic E-state index is 13.3. The van der Waals surface area contributed by atoms with Crippen molar-refractivity contribution in [2.45, 2.75) is 64.7 Å². The summed E-state index contributed by atoms with van der Waals surface area (Å²) < 4.78 is 9.42. The van der Waals surface area contributed by atoms with Crippen LogP contribution in [-0.2, 0) is 19.1 Å². The van der Waals surface area contributed by atoms with E-state index in [0.29, 0.717) is 24.7 Å². The summed E-state index contributed by atoms with van der Waals surface area (Å²) in [4.78, 5) is 69.9. The van der Waals surface area contributed by atoms with Crippen LogP contribution in [0.5, 0.6) is 0 Å². The van der Waals surface area contributed by atoms with E-state index in [9.17, 15) is 19.2 Å². The number of benzene rings is 2. The molecule has 6 rings (SSSR count). The molecule has 2 aromatic carbocycles. The summed E-state index contributed by atoms with van der Waals surface area (Å²) in [6, 6.07) is 9.52. The molecule has 14 heteroatoms. The van der Waals surface area contributed by atoms with Crippen LogP contribution in [0.25, 0.3) is 22.1 Å². The minimum absolute atomic E-state index is 0.112. The molecule has 2 aromatic heterocycles. The summed E-state index contributed by atoms with van der Waals surface area (Å²) in [5, 5.41) is 5.30. The van der Waals surface area contributed by atoms with Crippen LogP contribution < -0.4 is 10.6 Å². The summed E-state index contributed by atoms with van der Waals surface area (Å²) >= 11 is 0. The molecule has 0 unspecified atom stereocenters. The van der Waals surface area contributed by atoms with Gasteiger partial charge in [0.2, 0.25) is 11.8 Å². The van der Waals surface area contributed by atoms with Gasteiger partial charge in [-0.2, -0.15) is 0 Å². The van der Waals surface area contributed by atoms with Crippen LogP contribution in [0.15, 0.2) is 36.4 Å². The molecule has 14 nitrogen and oxygen atoms in total. The number of alkyl carbamates (subject to hydrolysis) is 2. The quantitative estimate of drug-likeness (QED) is 0.198. The van der Waals surface area contributed by atoms with Crippen molar-refractivity contribution in [1.29, 1.82) is 0 Å². The Morgan fingerprint density at radius 2 is 1.12 bits per heavy atom. The maximum Gasteiger partial charge on any atom is 0.407 e. The maximum atomic E-state index is 13.3. The monoisotopic (exact) mass is 706 g/mol. The number of nitrogens with one attached hydrogen (secondary N) is 4. The van der Waals surface area contributed by atoms with Crippen molar-refractivity contribution in [3.05, 3.63) is 59.2 Å². The van der Waals surface area contributed by atoms with Gasteiger partial charge in [0.05, 0.1) is 48.4 Å². The van der Waals surface area contributed by atoms with E-state index in [1.54, 1.807) is 9.80 Å². The van der Waals surface area contributed by atoms with Crippen molar-refractivity contribution in [2.24, 2.45) is 11.8 Å². The second kappa shape index (κ2) is 15.1. The lowest BCUT2D eigenvalue weighted by atomic mass is 9.96. The first-order valence-electron chi connectivity index (χ1n) is 17.3. The molecule has 52 heavy (non-hydrogen) atoms.